The Hall–Kier alpha value is -5.09. The number of hydrogen-bond acceptors (Lipinski definition) is 1. The fraction of sp³-hybridized carbons (Fsp3) is 0. The minimum Gasteiger partial charge on any atom is -0.307 e. The summed E-state index contributed by atoms with van der Waals surface area (Å²) >= 11 is 0. The summed E-state index contributed by atoms with van der Waals surface area (Å²) in [7, 11) is 0. The SMILES string of the molecule is c1ccc(-n2cnc3c(-n4c5ccccc5c5c4c4ccccc4n5-c4ccccc4)cccc32)cc1. The first-order valence-electron chi connectivity index (χ1n) is 12.5. The van der Waals surface area contributed by atoms with E-state index < -0.39 is 0 Å². The molecule has 8 rings (SSSR count). The van der Waals surface area contributed by atoms with E-state index in [-0.39, 0.29) is 0 Å². The number of benzene rings is 5. The molecule has 4 nitrogen and oxygen atoms in total. The van der Waals surface area contributed by atoms with Gasteiger partial charge in [0.15, 0.2) is 0 Å². The van der Waals surface area contributed by atoms with Gasteiger partial charge in [-0.15, -0.1) is 0 Å². The van der Waals surface area contributed by atoms with Crippen molar-refractivity contribution in [3.8, 4) is 17.1 Å². The van der Waals surface area contributed by atoms with Crippen molar-refractivity contribution in [1.29, 1.82) is 0 Å². The van der Waals surface area contributed by atoms with Gasteiger partial charge < -0.3 is 9.13 Å². The third-order valence-electron chi connectivity index (χ3n) is 7.32. The number of para-hydroxylation sites is 5. The van der Waals surface area contributed by atoms with E-state index in [1.807, 2.05) is 12.4 Å². The summed E-state index contributed by atoms with van der Waals surface area (Å²) in [6.45, 7) is 0. The number of nitrogens with zero attached hydrogens (tertiary/aromatic N) is 4. The maximum Gasteiger partial charge on any atom is 0.113 e. The lowest BCUT2D eigenvalue weighted by Gasteiger charge is -2.10. The van der Waals surface area contributed by atoms with Gasteiger partial charge in [-0.3, -0.25) is 4.57 Å². The highest BCUT2D eigenvalue weighted by molar-refractivity contribution is 6.20. The maximum absolute atomic E-state index is 4.94. The molecule has 0 bridgehead atoms. The Morgan fingerprint density at radius 1 is 0.432 bits per heavy atom. The van der Waals surface area contributed by atoms with Gasteiger partial charge in [-0.1, -0.05) is 78.9 Å². The molecule has 0 amide bonds. The van der Waals surface area contributed by atoms with E-state index >= 15 is 0 Å². The zero-order valence-electron chi connectivity index (χ0n) is 20.0. The van der Waals surface area contributed by atoms with Gasteiger partial charge >= 0.3 is 0 Å². The third kappa shape index (κ3) is 2.81. The fourth-order valence-electron chi connectivity index (χ4n) is 5.78. The predicted molar refractivity (Wildman–Crippen MR) is 152 cm³/mol. The minimum atomic E-state index is 0.977. The average Bonchev–Trinajstić information content (AvgIpc) is 3.64. The predicted octanol–water partition coefficient (Wildman–Crippen LogP) is 8.07. The molecule has 0 aliphatic heterocycles. The van der Waals surface area contributed by atoms with Crippen molar-refractivity contribution in [2.24, 2.45) is 0 Å². The van der Waals surface area contributed by atoms with E-state index in [0.717, 1.165) is 28.1 Å². The van der Waals surface area contributed by atoms with E-state index in [0.29, 0.717) is 0 Å². The van der Waals surface area contributed by atoms with Crippen molar-refractivity contribution >= 4 is 43.9 Å². The molecule has 0 atom stereocenters. The molecular weight excluding hydrogens is 452 g/mol. The van der Waals surface area contributed by atoms with Crippen molar-refractivity contribution in [3.05, 3.63) is 134 Å². The van der Waals surface area contributed by atoms with Gasteiger partial charge in [0.2, 0.25) is 0 Å². The molecule has 0 N–H and O–H groups in total. The van der Waals surface area contributed by atoms with Gasteiger partial charge in [0.25, 0.3) is 0 Å². The summed E-state index contributed by atoms with van der Waals surface area (Å²) in [5.74, 6) is 0. The van der Waals surface area contributed by atoms with Crippen LogP contribution in [0.15, 0.2) is 134 Å². The van der Waals surface area contributed by atoms with Crippen molar-refractivity contribution in [3.63, 3.8) is 0 Å². The molecule has 3 aromatic heterocycles. The second-order valence-electron chi connectivity index (χ2n) is 9.33. The van der Waals surface area contributed by atoms with Crippen LogP contribution in [0.25, 0.3) is 60.9 Å². The van der Waals surface area contributed by atoms with E-state index in [9.17, 15) is 0 Å². The van der Waals surface area contributed by atoms with Crippen LogP contribution in [-0.4, -0.2) is 18.7 Å². The molecule has 0 unspecified atom stereocenters. The summed E-state index contributed by atoms with van der Waals surface area (Å²) < 4.78 is 6.96. The lowest BCUT2D eigenvalue weighted by atomic mass is 10.2. The van der Waals surface area contributed by atoms with Gasteiger partial charge in [0.05, 0.1) is 33.3 Å². The molecule has 8 aromatic rings. The van der Waals surface area contributed by atoms with Crippen LogP contribution in [0.1, 0.15) is 0 Å². The Bertz CT molecular complexity index is 2070. The first-order chi connectivity index (χ1) is 18.4. The highest BCUT2D eigenvalue weighted by Gasteiger charge is 2.23. The lowest BCUT2D eigenvalue weighted by molar-refractivity contribution is 1.09. The number of imidazole rings is 1. The van der Waals surface area contributed by atoms with Crippen LogP contribution < -0.4 is 0 Å². The standard InChI is InChI=1S/C33H22N4/c1-3-12-23(13-4-1)35-22-34-31-29(35)20-11-21-30(31)37-28-19-10-8-17-26(28)32-33(37)25-16-7-9-18-27(25)36(32)24-14-5-2-6-15-24/h1-22H. The fourth-order valence-corrected chi connectivity index (χ4v) is 5.78. The van der Waals surface area contributed by atoms with Gasteiger partial charge in [-0.2, -0.15) is 0 Å². The van der Waals surface area contributed by atoms with Gasteiger partial charge in [-0.05, 0) is 48.5 Å². The smallest absolute Gasteiger partial charge is 0.113 e. The number of aromatic nitrogens is 4. The molecule has 0 fully saturated rings. The Morgan fingerprint density at radius 3 is 1.68 bits per heavy atom. The summed E-state index contributed by atoms with van der Waals surface area (Å²) in [4.78, 5) is 4.94. The summed E-state index contributed by atoms with van der Waals surface area (Å²) in [5, 5.41) is 2.44. The second-order valence-corrected chi connectivity index (χ2v) is 9.33. The lowest BCUT2D eigenvalue weighted by Crippen LogP contribution is -1.96. The zero-order chi connectivity index (χ0) is 24.3. The van der Waals surface area contributed by atoms with Crippen LogP contribution >= 0.6 is 0 Å². The van der Waals surface area contributed by atoms with Crippen molar-refractivity contribution in [2.75, 3.05) is 0 Å². The molecule has 0 radical (unpaired) electrons. The van der Waals surface area contributed by atoms with Crippen LogP contribution in [0.4, 0.5) is 0 Å². The maximum atomic E-state index is 4.94. The molecule has 0 saturated heterocycles. The molecule has 5 aromatic carbocycles. The molecule has 0 saturated carbocycles. The minimum absolute atomic E-state index is 0.977. The second kappa shape index (κ2) is 7.70. The van der Waals surface area contributed by atoms with Gasteiger partial charge in [0.1, 0.15) is 11.8 Å². The first-order valence-corrected chi connectivity index (χ1v) is 12.5. The normalized spacial score (nSPS) is 11.8. The van der Waals surface area contributed by atoms with E-state index in [1.165, 1.54) is 32.8 Å². The topological polar surface area (TPSA) is 27.7 Å². The molecule has 0 spiro atoms. The Morgan fingerprint density at radius 2 is 0.973 bits per heavy atom. The average molecular weight is 475 g/mol. The number of rotatable bonds is 3. The van der Waals surface area contributed by atoms with Gasteiger partial charge in [0, 0.05) is 22.1 Å². The molecule has 0 aliphatic carbocycles. The van der Waals surface area contributed by atoms with E-state index in [2.05, 4.69) is 135 Å². The van der Waals surface area contributed by atoms with Crippen molar-refractivity contribution in [2.45, 2.75) is 0 Å². The Kier molecular flexibility index (Phi) is 4.19. The largest absolute Gasteiger partial charge is 0.307 e. The Balaban J connectivity index is 1.54. The summed E-state index contributed by atoms with van der Waals surface area (Å²) in [5.41, 5.74) is 10.2. The van der Waals surface area contributed by atoms with Crippen LogP contribution in [0.5, 0.6) is 0 Å². The van der Waals surface area contributed by atoms with E-state index in [4.69, 9.17) is 4.98 Å². The summed E-state index contributed by atoms with van der Waals surface area (Å²) in [6.07, 6.45) is 1.93. The van der Waals surface area contributed by atoms with Crippen molar-refractivity contribution in [1.82, 2.24) is 18.7 Å². The molecule has 174 valence electrons. The molecule has 0 aliphatic rings. The molecular formula is C33H22N4. The highest BCUT2D eigenvalue weighted by Crippen LogP contribution is 2.41. The monoisotopic (exact) mass is 474 g/mol. The van der Waals surface area contributed by atoms with Crippen LogP contribution in [-0.2, 0) is 0 Å². The number of hydrogen-bond donors (Lipinski definition) is 0. The quantitative estimate of drug-likeness (QED) is 0.254. The van der Waals surface area contributed by atoms with E-state index in [1.54, 1.807) is 0 Å². The van der Waals surface area contributed by atoms with Gasteiger partial charge in [-0.25, -0.2) is 4.98 Å². The van der Waals surface area contributed by atoms with Crippen LogP contribution in [0, 0.1) is 0 Å². The zero-order valence-corrected chi connectivity index (χ0v) is 20.0. The van der Waals surface area contributed by atoms with Crippen LogP contribution in [0.2, 0.25) is 0 Å². The van der Waals surface area contributed by atoms with Crippen LogP contribution in [0.3, 0.4) is 0 Å². The number of fused-ring (bicyclic) bond motifs is 6. The third-order valence-corrected chi connectivity index (χ3v) is 7.32. The molecule has 37 heavy (non-hydrogen) atoms. The highest BCUT2D eigenvalue weighted by atomic mass is 15.1. The van der Waals surface area contributed by atoms with Crippen molar-refractivity contribution < 1.29 is 0 Å². The Labute approximate surface area is 213 Å². The molecule has 3 heterocycles. The summed E-state index contributed by atoms with van der Waals surface area (Å²) in [6, 6.07) is 44.9. The first kappa shape index (κ1) is 20.1. The molecule has 4 heteroatoms.